The fourth-order valence-electron chi connectivity index (χ4n) is 5.38. The summed E-state index contributed by atoms with van der Waals surface area (Å²) in [6.07, 6.45) is -8.17. The van der Waals surface area contributed by atoms with E-state index in [4.69, 9.17) is 11.6 Å². The van der Waals surface area contributed by atoms with Crippen molar-refractivity contribution < 1.29 is 36.2 Å². The van der Waals surface area contributed by atoms with Crippen molar-refractivity contribution in [1.29, 1.82) is 0 Å². The van der Waals surface area contributed by atoms with E-state index in [2.05, 4.69) is 9.80 Å². The Hall–Kier alpha value is -2.34. The summed E-state index contributed by atoms with van der Waals surface area (Å²) in [5, 5.41) is 10.2. The van der Waals surface area contributed by atoms with Gasteiger partial charge in [0.05, 0.1) is 17.2 Å². The third-order valence-electron chi connectivity index (χ3n) is 7.74. The lowest BCUT2D eigenvalue weighted by molar-refractivity contribution is -0.143. The first-order valence-electron chi connectivity index (χ1n) is 13.2. The Balaban J connectivity index is 1.45. The Morgan fingerprint density at radius 3 is 2.17 bits per heavy atom. The normalized spacial score (nSPS) is 18.9. The molecule has 1 N–H and O–H groups in total. The molecule has 1 atom stereocenters. The van der Waals surface area contributed by atoms with Crippen LogP contribution in [0, 0.1) is 0 Å². The molecule has 12 heteroatoms. The standard InChI is InChI=1S/C28H32ClF6N3O2/c1-36(26(40)20-11-21(27(30,31)32)14-22(12-20)28(33,34)35)15-19(18-3-2-4-23(29)13-18)5-8-37-16-24(17-37)38-9-6-25(39)7-10-38/h2-4,11-14,19,24-25,39H,5-10,15-17H2,1H3/t19-/m1/s1. The van der Waals surface area contributed by atoms with Crippen LogP contribution in [0.4, 0.5) is 26.3 Å². The van der Waals surface area contributed by atoms with Crippen molar-refractivity contribution in [2.24, 2.45) is 0 Å². The van der Waals surface area contributed by atoms with Crippen LogP contribution in [-0.4, -0.2) is 84.2 Å². The number of aliphatic hydroxyl groups is 1. The minimum absolute atomic E-state index is 0.0118. The number of carbonyl (C=O) groups is 1. The number of amides is 1. The number of alkyl halides is 6. The second-order valence-electron chi connectivity index (χ2n) is 10.7. The van der Waals surface area contributed by atoms with Gasteiger partial charge in [-0.15, -0.1) is 0 Å². The molecule has 40 heavy (non-hydrogen) atoms. The number of nitrogens with zero attached hydrogens (tertiary/aromatic N) is 3. The van der Waals surface area contributed by atoms with Gasteiger partial charge in [-0.05, 0) is 61.7 Å². The van der Waals surface area contributed by atoms with Crippen molar-refractivity contribution in [3.05, 3.63) is 69.7 Å². The van der Waals surface area contributed by atoms with E-state index in [9.17, 15) is 36.2 Å². The Bertz CT molecular complexity index is 1150. The zero-order chi connectivity index (χ0) is 29.2. The molecule has 1 amide bonds. The topological polar surface area (TPSA) is 47.0 Å². The molecule has 0 aromatic heterocycles. The predicted molar refractivity (Wildman–Crippen MR) is 139 cm³/mol. The highest BCUT2D eigenvalue weighted by Crippen LogP contribution is 2.37. The zero-order valence-electron chi connectivity index (χ0n) is 22.0. The molecule has 0 saturated carbocycles. The second-order valence-corrected chi connectivity index (χ2v) is 11.1. The molecule has 0 bridgehead atoms. The molecule has 0 unspecified atom stereocenters. The highest BCUT2D eigenvalue weighted by molar-refractivity contribution is 6.30. The number of aliphatic hydroxyl groups excluding tert-OH is 1. The van der Waals surface area contributed by atoms with Crippen LogP contribution in [0.3, 0.4) is 0 Å². The molecule has 2 aliphatic heterocycles. The SMILES string of the molecule is CN(C[C@@H](CCN1CC(N2CCC(O)CC2)C1)c1cccc(Cl)c1)C(=O)c1cc(C(F)(F)F)cc(C(F)(F)F)c1. The van der Waals surface area contributed by atoms with Gasteiger partial charge in [-0.1, -0.05) is 23.7 Å². The molecule has 2 aromatic carbocycles. The van der Waals surface area contributed by atoms with Gasteiger partial charge in [0.25, 0.3) is 5.91 Å². The van der Waals surface area contributed by atoms with Crippen LogP contribution in [0.5, 0.6) is 0 Å². The first-order valence-corrected chi connectivity index (χ1v) is 13.5. The van der Waals surface area contributed by atoms with E-state index >= 15 is 0 Å². The smallest absolute Gasteiger partial charge is 0.393 e. The van der Waals surface area contributed by atoms with Crippen LogP contribution < -0.4 is 0 Å². The number of benzene rings is 2. The Morgan fingerprint density at radius 1 is 1.02 bits per heavy atom. The van der Waals surface area contributed by atoms with Crippen molar-refractivity contribution in [2.45, 2.75) is 49.7 Å². The number of rotatable bonds is 8. The molecule has 5 nitrogen and oxygen atoms in total. The summed E-state index contributed by atoms with van der Waals surface area (Å²) >= 11 is 6.19. The summed E-state index contributed by atoms with van der Waals surface area (Å²) in [5.74, 6) is -1.18. The maximum absolute atomic E-state index is 13.3. The van der Waals surface area contributed by atoms with E-state index in [0.29, 0.717) is 36.2 Å². The monoisotopic (exact) mass is 591 g/mol. The van der Waals surface area contributed by atoms with E-state index in [1.165, 1.54) is 11.9 Å². The van der Waals surface area contributed by atoms with Gasteiger partial charge < -0.3 is 14.9 Å². The molecule has 0 spiro atoms. The Morgan fingerprint density at radius 2 is 1.62 bits per heavy atom. The number of carbonyl (C=O) groups excluding carboxylic acids is 1. The van der Waals surface area contributed by atoms with Gasteiger partial charge in [-0.2, -0.15) is 26.3 Å². The van der Waals surface area contributed by atoms with Gasteiger partial charge in [0, 0.05) is 62.3 Å². The van der Waals surface area contributed by atoms with Crippen molar-refractivity contribution in [1.82, 2.24) is 14.7 Å². The van der Waals surface area contributed by atoms with Crippen molar-refractivity contribution in [3.63, 3.8) is 0 Å². The van der Waals surface area contributed by atoms with Crippen molar-refractivity contribution in [3.8, 4) is 0 Å². The Labute approximate surface area is 234 Å². The molecule has 2 heterocycles. The number of likely N-dealkylation sites (tertiary alicyclic amines) is 2. The average Bonchev–Trinajstić information content (AvgIpc) is 2.86. The number of piperidine rings is 1. The highest BCUT2D eigenvalue weighted by Gasteiger charge is 2.38. The highest BCUT2D eigenvalue weighted by atomic mass is 35.5. The van der Waals surface area contributed by atoms with Gasteiger partial charge in [0.1, 0.15) is 0 Å². The lowest BCUT2D eigenvalue weighted by atomic mass is 9.93. The molecule has 2 aliphatic rings. The summed E-state index contributed by atoms with van der Waals surface area (Å²) in [5.41, 5.74) is -2.90. The van der Waals surface area contributed by atoms with E-state index in [1.54, 1.807) is 18.2 Å². The minimum atomic E-state index is -5.04. The first-order chi connectivity index (χ1) is 18.7. The van der Waals surface area contributed by atoms with E-state index in [0.717, 1.165) is 44.6 Å². The average molecular weight is 592 g/mol. The van der Waals surface area contributed by atoms with Gasteiger partial charge >= 0.3 is 12.4 Å². The zero-order valence-corrected chi connectivity index (χ0v) is 22.7. The number of hydrogen-bond acceptors (Lipinski definition) is 4. The molecule has 0 radical (unpaired) electrons. The summed E-state index contributed by atoms with van der Waals surface area (Å²) in [6.45, 7) is 4.26. The quantitative estimate of drug-likeness (QED) is 0.397. The van der Waals surface area contributed by atoms with E-state index < -0.39 is 35.0 Å². The lowest BCUT2D eigenvalue weighted by Crippen LogP contribution is -2.61. The molecule has 220 valence electrons. The largest absolute Gasteiger partial charge is 0.416 e. The molecule has 2 aromatic rings. The van der Waals surface area contributed by atoms with Crippen LogP contribution in [0.25, 0.3) is 0 Å². The third kappa shape index (κ3) is 7.69. The van der Waals surface area contributed by atoms with Crippen molar-refractivity contribution in [2.75, 3.05) is 46.3 Å². The lowest BCUT2D eigenvalue weighted by Gasteiger charge is -2.47. The molecule has 2 fully saturated rings. The maximum Gasteiger partial charge on any atom is 0.416 e. The van der Waals surface area contributed by atoms with Gasteiger partial charge in [-0.25, -0.2) is 0 Å². The molecular weight excluding hydrogens is 560 g/mol. The van der Waals surface area contributed by atoms with Crippen LogP contribution in [-0.2, 0) is 12.4 Å². The summed E-state index contributed by atoms with van der Waals surface area (Å²) in [4.78, 5) is 18.9. The van der Waals surface area contributed by atoms with Gasteiger partial charge in [0.2, 0.25) is 0 Å². The number of halogens is 7. The third-order valence-corrected chi connectivity index (χ3v) is 7.98. The minimum Gasteiger partial charge on any atom is -0.393 e. The Kier molecular flexibility index (Phi) is 9.38. The maximum atomic E-state index is 13.3. The van der Waals surface area contributed by atoms with Gasteiger partial charge in [0.15, 0.2) is 0 Å². The van der Waals surface area contributed by atoms with Gasteiger partial charge in [-0.3, -0.25) is 9.69 Å². The molecule has 4 rings (SSSR count). The van der Waals surface area contributed by atoms with Crippen molar-refractivity contribution >= 4 is 17.5 Å². The molecular formula is C28H32ClF6N3O2. The van der Waals surface area contributed by atoms with Crippen LogP contribution in [0.15, 0.2) is 42.5 Å². The van der Waals surface area contributed by atoms with Crippen LogP contribution >= 0.6 is 11.6 Å². The summed E-state index contributed by atoms with van der Waals surface area (Å²) < 4.78 is 79.9. The predicted octanol–water partition coefficient (Wildman–Crippen LogP) is 5.76. The van der Waals surface area contributed by atoms with E-state index in [-0.39, 0.29) is 24.6 Å². The summed E-state index contributed by atoms with van der Waals surface area (Å²) in [7, 11) is 1.37. The van der Waals surface area contributed by atoms with Crippen LogP contribution in [0.2, 0.25) is 5.02 Å². The number of hydrogen-bond donors (Lipinski definition) is 1. The first kappa shape index (κ1) is 30.6. The fraction of sp³-hybridized carbons (Fsp3) is 0.536. The summed E-state index contributed by atoms with van der Waals surface area (Å²) in [6, 6.07) is 8.42. The number of likely N-dealkylation sites (N-methyl/N-ethyl adjacent to an activating group) is 1. The molecule has 0 aliphatic carbocycles. The second kappa shape index (κ2) is 12.3. The van der Waals surface area contributed by atoms with Crippen LogP contribution in [0.1, 0.15) is 52.2 Å². The fourth-order valence-corrected chi connectivity index (χ4v) is 5.58. The van der Waals surface area contributed by atoms with E-state index in [1.807, 2.05) is 6.07 Å². The molecule has 2 saturated heterocycles.